The Hall–Kier alpha value is -0.240. The molecule has 0 heterocycles. The van der Waals surface area contributed by atoms with Gasteiger partial charge in [0, 0.05) is 22.6 Å². The Balaban J connectivity index is 1.93. The van der Waals surface area contributed by atoms with Gasteiger partial charge in [-0.1, -0.05) is 49.4 Å². The van der Waals surface area contributed by atoms with Crippen molar-refractivity contribution in [3.8, 4) is 0 Å². The number of benzene rings is 1. The Kier molecular flexibility index (Phi) is 5.35. The van der Waals surface area contributed by atoms with Crippen LogP contribution in [0.2, 0.25) is 10.0 Å². The lowest BCUT2D eigenvalue weighted by Gasteiger charge is -2.23. The van der Waals surface area contributed by atoms with Crippen LogP contribution in [0.4, 0.5) is 0 Å². The number of hydrogen-bond donors (Lipinski definition) is 1. The van der Waals surface area contributed by atoms with Gasteiger partial charge in [0.1, 0.15) is 0 Å². The maximum atomic E-state index is 6.01. The third-order valence-electron chi connectivity index (χ3n) is 3.85. The molecule has 1 aliphatic carbocycles. The topological polar surface area (TPSA) is 12.0 Å². The van der Waals surface area contributed by atoms with E-state index in [1.165, 1.54) is 37.7 Å². The average molecular weight is 286 g/mol. The van der Waals surface area contributed by atoms with E-state index in [9.17, 15) is 0 Å². The van der Waals surface area contributed by atoms with Crippen LogP contribution in [0.3, 0.4) is 0 Å². The van der Waals surface area contributed by atoms with Crippen molar-refractivity contribution < 1.29 is 0 Å². The highest BCUT2D eigenvalue weighted by molar-refractivity contribution is 6.34. The van der Waals surface area contributed by atoms with E-state index in [0.717, 1.165) is 12.5 Å². The quantitative estimate of drug-likeness (QED) is 0.766. The number of rotatable bonds is 3. The summed E-state index contributed by atoms with van der Waals surface area (Å²) >= 11 is 12.0. The first-order chi connectivity index (χ1) is 8.65. The van der Waals surface area contributed by atoms with Crippen LogP contribution in [-0.4, -0.2) is 6.04 Å². The summed E-state index contributed by atoms with van der Waals surface area (Å²) in [4.78, 5) is 0. The first-order valence-electron chi connectivity index (χ1n) is 6.83. The summed E-state index contributed by atoms with van der Waals surface area (Å²) in [6.07, 6.45) is 6.73. The molecule has 0 bridgehead atoms. The zero-order chi connectivity index (χ0) is 13.0. The van der Waals surface area contributed by atoms with E-state index in [1.54, 1.807) is 6.07 Å². The fraction of sp³-hybridized carbons (Fsp3) is 0.600. The third-order valence-corrected chi connectivity index (χ3v) is 4.29. The van der Waals surface area contributed by atoms with Crippen molar-refractivity contribution in [3.05, 3.63) is 33.8 Å². The van der Waals surface area contributed by atoms with Crippen molar-refractivity contribution in [2.75, 3.05) is 0 Å². The highest BCUT2D eigenvalue weighted by Crippen LogP contribution is 2.24. The molecule has 3 heteroatoms. The molecule has 0 radical (unpaired) electrons. The van der Waals surface area contributed by atoms with Gasteiger partial charge in [-0.25, -0.2) is 0 Å². The maximum Gasteiger partial charge on any atom is 0.0424 e. The molecule has 1 nitrogen and oxygen atoms in total. The van der Waals surface area contributed by atoms with Gasteiger partial charge in [-0.3, -0.25) is 0 Å². The molecule has 1 fully saturated rings. The van der Waals surface area contributed by atoms with Crippen molar-refractivity contribution in [2.24, 2.45) is 5.92 Å². The highest BCUT2D eigenvalue weighted by Gasteiger charge is 2.19. The summed E-state index contributed by atoms with van der Waals surface area (Å²) in [7, 11) is 0. The van der Waals surface area contributed by atoms with E-state index < -0.39 is 0 Å². The van der Waals surface area contributed by atoms with E-state index in [1.807, 2.05) is 12.1 Å². The largest absolute Gasteiger partial charge is 0.310 e. The van der Waals surface area contributed by atoms with E-state index in [2.05, 4.69) is 12.2 Å². The van der Waals surface area contributed by atoms with E-state index >= 15 is 0 Å². The molecule has 0 aromatic heterocycles. The Morgan fingerprint density at radius 3 is 2.44 bits per heavy atom. The second-order valence-corrected chi connectivity index (χ2v) is 6.25. The van der Waals surface area contributed by atoms with Crippen LogP contribution in [0.1, 0.15) is 44.6 Å². The second-order valence-electron chi connectivity index (χ2n) is 5.38. The van der Waals surface area contributed by atoms with Crippen molar-refractivity contribution in [1.82, 2.24) is 5.32 Å². The molecule has 2 unspecified atom stereocenters. The minimum absolute atomic E-state index is 0.630. The van der Waals surface area contributed by atoms with E-state index in [-0.39, 0.29) is 0 Å². The first kappa shape index (κ1) is 14.2. The second kappa shape index (κ2) is 6.79. The molecule has 100 valence electrons. The maximum absolute atomic E-state index is 6.01. The Morgan fingerprint density at radius 1 is 1.06 bits per heavy atom. The molecular weight excluding hydrogens is 265 g/mol. The molecular formula is C15H21Cl2N. The fourth-order valence-electron chi connectivity index (χ4n) is 2.76. The van der Waals surface area contributed by atoms with Crippen LogP contribution in [0, 0.1) is 5.92 Å². The van der Waals surface area contributed by atoms with Crippen molar-refractivity contribution in [2.45, 2.75) is 51.6 Å². The molecule has 1 saturated carbocycles. The lowest BCUT2D eigenvalue weighted by Crippen LogP contribution is -2.33. The Bertz CT molecular complexity index is 372. The number of nitrogens with one attached hydrogen (secondary N) is 1. The SMILES string of the molecule is CC1CCCCCC1NCc1cc(Cl)cc(Cl)c1. The molecule has 18 heavy (non-hydrogen) atoms. The lowest BCUT2D eigenvalue weighted by molar-refractivity contribution is 0.356. The van der Waals surface area contributed by atoms with Crippen LogP contribution in [-0.2, 0) is 6.54 Å². The van der Waals surface area contributed by atoms with E-state index in [4.69, 9.17) is 23.2 Å². The first-order valence-corrected chi connectivity index (χ1v) is 7.59. The number of halogens is 2. The van der Waals surface area contributed by atoms with Crippen LogP contribution < -0.4 is 5.32 Å². The molecule has 0 aliphatic heterocycles. The minimum Gasteiger partial charge on any atom is -0.310 e. The van der Waals surface area contributed by atoms with Gasteiger partial charge in [-0.15, -0.1) is 0 Å². The smallest absolute Gasteiger partial charge is 0.0424 e. The van der Waals surface area contributed by atoms with Gasteiger partial charge in [0.05, 0.1) is 0 Å². The van der Waals surface area contributed by atoms with Crippen LogP contribution in [0.25, 0.3) is 0 Å². The van der Waals surface area contributed by atoms with Gasteiger partial charge in [0.25, 0.3) is 0 Å². The van der Waals surface area contributed by atoms with Gasteiger partial charge >= 0.3 is 0 Å². The molecule has 1 aromatic rings. The summed E-state index contributed by atoms with van der Waals surface area (Å²) < 4.78 is 0. The zero-order valence-electron chi connectivity index (χ0n) is 10.9. The van der Waals surface area contributed by atoms with Gasteiger partial charge in [-0.2, -0.15) is 0 Å². The van der Waals surface area contributed by atoms with E-state index in [0.29, 0.717) is 16.1 Å². The monoisotopic (exact) mass is 285 g/mol. The lowest BCUT2D eigenvalue weighted by atomic mass is 9.97. The zero-order valence-corrected chi connectivity index (χ0v) is 12.4. The van der Waals surface area contributed by atoms with Gasteiger partial charge in [0.15, 0.2) is 0 Å². The molecule has 2 rings (SSSR count). The van der Waals surface area contributed by atoms with Crippen LogP contribution in [0.15, 0.2) is 18.2 Å². The van der Waals surface area contributed by atoms with Crippen LogP contribution >= 0.6 is 23.2 Å². The molecule has 0 saturated heterocycles. The Morgan fingerprint density at radius 2 is 1.72 bits per heavy atom. The van der Waals surface area contributed by atoms with Gasteiger partial charge in [0.2, 0.25) is 0 Å². The molecule has 0 spiro atoms. The summed E-state index contributed by atoms with van der Waals surface area (Å²) in [5.41, 5.74) is 1.17. The molecule has 0 amide bonds. The van der Waals surface area contributed by atoms with Crippen molar-refractivity contribution in [1.29, 1.82) is 0 Å². The minimum atomic E-state index is 0.630. The highest BCUT2D eigenvalue weighted by atomic mass is 35.5. The molecule has 1 aromatic carbocycles. The summed E-state index contributed by atoms with van der Waals surface area (Å²) in [6, 6.07) is 6.38. The van der Waals surface area contributed by atoms with Crippen molar-refractivity contribution in [3.63, 3.8) is 0 Å². The average Bonchev–Trinajstić information content (AvgIpc) is 2.50. The fourth-order valence-corrected chi connectivity index (χ4v) is 3.33. The number of hydrogen-bond acceptors (Lipinski definition) is 1. The van der Waals surface area contributed by atoms with Crippen molar-refractivity contribution >= 4 is 23.2 Å². The predicted molar refractivity (Wildman–Crippen MR) is 79.3 cm³/mol. The van der Waals surface area contributed by atoms with Gasteiger partial charge in [-0.05, 0) is 42.5 Å². The molecule has 1 N–H and O–H groups in total. The molecule has 2 atom stereocenters. The molecule has 1 aliphatic rings. The standard InChI is InChI=1S/C15H21Cl2N/c1-11-5-3-2-4-6-15(11)18-10-12-7-13(16)9-14(17)8-12/h7-9,11,15,18H,2-6,10H2,1H3. The normalized spacial score (nSPS) is 24.8. The summed E-state index contributed by atoms with van der Waals surface area (Å²) in [5, 5.41) is 5.10. The van der Waals surface area contributed by atoms with Gasteiger partial charge < -0.3 is 5.32 Å². The van der Waals surface area contributed by atoms with Crippen LogP contribution in [0.5, 0.6) is 0 Å². The predicted octanol–water partition coefficient (Wildman–Crippen LogP) is 5.05. The third kappa shape index (κ3) is 4.15. The Labute approximate surface area is 120 Å². The summed E-state index contributed by atoms with van der Waals surface area (Å²) in [5.74, 6) is 0.766. The summed E-state index contributed by atoms with van der Waals surface area (Å²) in [6.45, 7) is 3.21.